The lowest BCUT2D eigenvalue weighted by Crippen LogP contribution is -2.44. The number of ether oxygens (including phenoxy) is 2. The first-order valence-electron chi connectivity index (χ1n) is 8.26. The third kappa shape index (κ3) is 3.44. The number of hydrogen-bond donors (Lipinski definition) is 2. The maximum atomic E-state index is 12.0. The van der Waals surface area contributed by atoms with Gasteiger partial charge in [0.15, 0.2) is 6.04 Å². The third-order valence-electron chi connectivity index (χ3n) is 4.59. The molecule has 2 aliphatic carbocycles. The van der Waals surface area contributed by atoms with Crippen LogP contribution in [0.5, 0.6) is 0 Å². The molecular formula is C19H21NO5. The highest BCUT2D eigenvalue weighted by Gasteiger charge is 2.31. The van der Waals surface area contributed by atoms with Crippen molar-refractivity contribution in [1.82, 2.24) is 5.32 Å². The van der Waals surface area contributed by atoms with Crippen molar-refractivity contribution in [3.8, 4) is 0 Å². The quantitative estimate of drug-likeness (QED) is 0.800. The maximum absolute atomic E-state index is 12.0. The molecule has 2 N–H and O–H groups in total. The number of fused-ring (bicyclic) bond motifs is 2. The van der Waals surface area contributed by atoms with Gasteiger partial charge in [-0.2, -0.15) is 0 Å². The number of amides is 1. The Hall–Kier alpha value is -2.60. The molecule has 0 aromatic heterocycles. The molecule has 0 radical (unpaired) electrons. The molecule has 0 saturated heterocycles. The number of benzene rings is 1. The zero-order chi connectivity index (χ0) is 17.8. The van der Waals surface area contributed by atoms with E-state index in [1.165, 1.54) is 23.8 Å². The van der Waals surface area contributed by atoms with E-state index in [9.17, 15) is 9.59 Å². The zero-order valence-corrected chi connectivity index (χ0v) is 14.0. The van der Waals surface area contributed by atoms with Gasteiger partial charge in [-0.1, -0.05) is 36.4 Å². The summed E-state index contributed by atoms with van der Waals surface area (Å²) < 4.78 is 9.84. The molecule has 2 atom stereocenters. The highest BCUT2D eigenvalue weighted by Crippen LogP contribution is 2.46. The van der Waals surface area contributed by atoms with Gasteiger partial charge >= 0.3 is 12.1 Å². The number of aliphatic hydroxyl groups is 1. The standard InChI is InChI=1S/C19H21NO5/c1-24-18(22)17(10-21)20-19(23)25-11-16-14-8-4-2-6-12(14)13-7-3-5-9-15(13)16/h2,4-6,8-9,16-17,21H,3,7,10-11H2,1H3,(H,20,23)/t16?,17-/m0/s1. The van der Waals surface area contributed by atoms with Crippen molar-refractivity contribution < 1.29 is 24.2 Å². The molecule has 1 amide bonds. The SMILES string of the molecule is COC(=O)[C@H](CO)NC(=O)OCC1C2=C(CCC=C2)c2ccccc21. The van der Waals surface area contributed by atoms with Crippen LogP contribution in [0.25, 0.3) is 5.57 Å². The van der Waals surface area contributed by atoms with E-state index in [0.29, 0.717) is 0 Å². The van der Waals surface area contributed by atoms with Gasteiger partial charge in [0.2, 0.25) is 0 Å². The first kappa shape index (κ1) is 17.2. The Morgan fingerprint density at radius 1 is 1.36 bits per heavy atom. The molecule has 0 saturated carbocycles. The van der Waals surface area contributed by atoms with Crippen molar-refractivity contribution in [2.24, 2.45) is 0 Å². The lowest BCUT2D eigenvalue weighted by atomic mass is 9.93. The zero-order valence-electron chi connectivity index (χ0n) is 14.0. The molecule has 0 aliphatic heterocycles. The van der Waals surface area contributed by atoms with Crippen LogP contribution >= 0.6 is 0 Å². The molecule has 0 fully saturated rings. The second-order valence-corrected chi connectivity index (χ2v) is 6.02. The van der Waals surface area contributed by atoms with Crippen molar-refractivity contribution in [2.75, 3.05) is 20.3 Å². The summed E-state index contributed by atoms with van der Waals surface area (Å²) in [5.74, 6) is -0.731. The van der Waals surface area contributed by atoms with Crippen LogP contribution in [0.15, 0.2) is 42.0 Å². The van der Waals surface area contributed by atoms with Gasteiger partial charge in [-0.15, -0.1) is 0 Å². The first-order valence-corrected chi connectivity index (χ1v) is 8.26. The summed E-state index contributed by atoms with van der Waals surface area (Å²) >= 11 is 0. The lowest BCUT2D eigenvalue weighted by Gasteiger charge is -2.18. The van der Waals surface area contributed by atoms with Gasteiger partial charge in [0, 0.05) is 5.92 Å². The van der Waals surface area contributed by atoms with Crippen LogP contribution in [0.1, 0.15) is 29.9 Å². The number of esters is 1. The molecule has 6 nitrogen and oxygen atoms in total. The van der Waals surface area contributed by atoms with E-state index >= 15 is 0 Å². The monoisotopic (exact) mass is 343 g/mol. The fraction of sp³-hybridized carbons (Fsp3) is 0.368. The van der Waals surface area contributed by atoms with Crippen LogP contribution in [0.3, 0.4) is 0 Å². The number of aliphatic hydroxyl groups excluding tert-OH is 1. The molecule has 3 rings (SSSR count). The number of nitrogens with one attached hydrogen (secondary N) is 1. The number of carbonyl (C=O) groups excluding carboxylic acids is 2. The summed E-state index contributed by atoms with van der Waals surface area (Å²) in [6, 6.07) is 7.02. The molecule has 1 aromatic rings. The average Bonchev–Trinajstić information content (AvgIpc) is 2.98. The first-order chi connectivity index (χ1) is 12.2. The maximum Gasteiger partial charge on any atom is 0.407 e. The van der Waals surface area contributed by atoms with Gasteiger partial charge < -0.3 is 19.9 Å². The fourth-order valence-corrected chi connectivity index (χ4v) is 3.39. The molecule has 25 heavy (non-hydrogen) atoms. The van der Waals surface area contributed by atoms with Crippen LogP contribution in [-0.4, -0.2) is 43.5 Å². The van der Waals surface area contributed by atoms with Gasteiger partial charge in [-0.25, -0.2) is 9.59 Å². The highest BCUT2D eigenvalue weighted by atomic mass is 16.6. The van der Waals surface area contributed by atoms with Crippen LogP contribution in [0.2, 0.25) is 0 Å². The molecule has 0 heterocycles. The minimum absolute atomic E-state index is 0.0146. The Labute approximate surface area is 146 Å². The summed E-state index contributed by atoms with van der Waals surface area (Å²) in [7, 11) is 1.19. The predicted octanol–water partition coefficient (Wildman–Crippen LogP) is 2.15. The molecular weight excluding hydrogens is 322 g/mol. The Morgan fingerprint density at radius 3 is 2.92 bits per heavy atom. The molecule has 132 valence electrons. The van der Waals surface area contributed by atoms with Crippen LogP contribution in [-0.2, 0) is 14.3 Å². The lowest BCUT2D eigenvalue weighted by molar-refractivity contribution is -0.144. The predicted molar refractivity (Wildman–Crippen MR) is 91.9 cm³/mol. The minimum Gasteiger partial charge on any atom is -0.467 e. The number of carbonyl (C=O) groups is 2. The van der Waals surface area contributed by atoms with Gasteiger partial charge in [0.05, 0.1) is 13.7 Å². The second kappa shape index (κ2) is 7.53. The Balaban J connectivity index is 1.69. The molecule has 0 spiro atoms. The van der Waals surface area contributed by atoms with Crippen molar-refractivity contribution in [2.45, 2.75) is 24.8 Å². The highest BCUT2D eigenvalue weighted by molar-refractivity contribution is 5.83. The molecule has 1 aromatic carbocycles. The Morgan fingerprint density at radius 2 is 2.16 bits per heavy atom. The van der Waals surface area contributed by atoms with E-state index in [4.69, 9.17) is 9.84 Å². The van der Waals surface area contributed by atoms with E-state index in [-0.39, 0.29) is 12.5 Å². The Kier molecular flexibility index (Phi) is 5.19. The number of alkyl carbamates (subject to hydrolysis) is 1. The smallest absolute Gasteiger partial charge is 0.407 e. The molecule has 1 unspecified atom stereocenters. The number of allylic oxidation sites excluding steroid dienone is 3. The van der Waals surface area contributed by atoms with Crippen LogP contribution in [0, 0.1) is 0 Å². The summed E-state index contributed by atoms with van der Waals surface area (Å²) in [6.45, 7) is -0.378. The molecule has 6 heteroatoms. The Bertz CT molecular complexity index is 737. The summed E-state index contributed by atoms with van der Waals surface area (Å²) in [4.78, 5) is 23.4. The van der Waals surface area contributed by atoms with Gasteiger partial charge in [0.25, 0.3) is 0 Å². The topological polar surface area (TPSA) is 84.9 Å². The van der Waals surface area contributed by atoms with E-state index in [1.54, 1.807) is 0 Å². The molecule has 2 aliphatic rings. The normalized spacial score (nSPS) is 19.0. The minimum atomic E-state index is -1.13. The van der Waals surface area contributed by atoms with Crippen molar-refractivity contribution in [1.29, 1.82) is 0 Å². The van der Waals surface area contributed by atoms with Crippen molar-refractivity contribution >= 4 is 17.6 Å². The summed E-state index contributed by atoms with van der Waals surface area (Å²) in [6.07, 6.45) is 5.49. The second-order valence-electron chi connectivity index (χ2n) is 6.02. The molecule has 0 bridgehead atoms. The number of rotatable bonds is 5. The van der Waals surface area contributed by atoms with Gasteiger partial charge in [0.1, 0.15) is 6.61 Å². The van der Waals surface area contributed by atoms with Crippen molar-refractivity contribution in [3.63, 3.8) is 0 Å². The third-order valence-corrected chi connectivity index (χ3v) is 4.59. The fourth-order valence-electron chi connectivity index (χ4n) is 3.39. The van der Waals surface area contributed by atoms with E-state index in [0.717, 1.165) is 18.4 Å². The average molecular weight is 343 g/mol. The summed E-state index contributed by atoms with van der Waals surface area (Å²) in [5.41, 5.74) is 4.87. The summed E-state index contributed by atoms with van der Waals surface area (Å²) in [5, 5.41) is 11.5. The van der Waals surface area contributed by atoms with E-state index in [2.05, 4.69) is 34.3 Å². The van der Waals surface area contributed by atoms with E-state index < -0.39 is 24.7 Å². The van der Waals surface area contributed by atoms with Crippen LogP contribution < -0.4 is 5.32 Å². The van der Waals surface area contributed by atoms with Crippen molar-refractivity contribution in [3.05, 3.63) is 53.1 Å². The number of hydrogen-bond acceptors (Lipinski definition) is 5. The van der Waals surface area contributed by atoms with Crippen LogP contribution in [0.4, 0.5) is 4.79 Å². The van der Waals surface area contributed by atoms with Gasteiger partial charge in [-0.05, 0) is 35.1 Å². The van der Waals surface area contributed by atoms with Gasteiger partial charge in [-0.3, -0.25) is 0 Å². The number of methoxy groups -OCH3 is 1. The van der Waals surface area contributed by atoms with E-state index in [1.807, 2.05) is 12.1 Å². The largest absolute Gasteiger partial charge is 0.467 e.